The van der Waals surface area contributed by atoms with E-state index in [1.54, 1.807) is 0 Å². The molecule has 0 aliphatic carbocycles. The van der Waals surface area contributed by atoms with Gasteiger partial charge in [0.1, 0.15) is 5.82 Å². The predicted octanol–water partition coefficient (Wildman–Crippen LogP) is 1.15. The highest BCUT2D eigenvalue weighted by atomic mass is 32.2. The van der Waals surface area contributed by atoms with E-state index in [1.165, 1.54) is 33.5 Å². The SMILES string of the molecule is N#CN(CCN1CCCS1(=O)=O)c1ccc(F)cc1. The molecule has 2 rings (SSSR count). The van der Waals surface area contributed by atoms with Gasteiger partial charge in [-0.15, -0.1) is 0 Å². The summed E-state index contributed by atoms with van der Waals surface area (Å²) in [5.74, 6) is -0.195. The zero-order valence-electron chi connectivity index (χ0n) is 10.3. The maximum absolute atomic E-state index is 12.8. The number of halogens is 1. The molecule has 0 radical (unpaired) electrons. The molecule has 19 heavy (non-hydrogen) atoms. The van der Waals surface area contributed by atoms with Gasteiger partial charge in [-0.25, -0.2) is 17.1 Å². The molecule has 1 aliphatic rings. The first-order valence-electron chi connectivity index (χ1n) is 5.93. The molecule has 0 bridgehead atoms. The Bertz CT molecular complexity index is 580. The van der Waals surface area contributed by atoms with Crippen molar-refractivity contribution in [1.29, 1.82) is 5.26 Å². The van der Waals surface area contributed by atoms with Crippen molar-refractivity contribution in [2.24, 2.45) is 0 Å². The van der Waals surface area contributed by atoms with E-state index < -0.39 is 10.0 Å². The number of anilines is 1. The second-order valence-electron chi connectivity index (χ2n) is 4.30. The Morgan fingerprint density at radius 3 is 2.58 bits per heavy atom. The van der Waals surface area contributed by atoms with E-state index in [0.717, 1.165) is 0 Å². The highest BCUT2D eigenvalue weighted by molar-refractivity contribution is 7.89. The quantitative estimate of drug-likeness (QED) is 0.614. The highest BCUT2D eigenvalue weighted by Gasteiger charge is 2.28. The van der Waals surface area contributed by atoms with Gasteiger partial charge in [0.2, 0.25) is 10.0 Å². The van der Waals surface area contributed by atoms with Gasteiger partial charge in [0.25, 0.3) is 0 Å². The Labute approximate surface area is 111 Å². The van der Waals surface area contributed by atoms with Gasteiger partial charge in [-0.3, -0.25) is 4.90 Å². The summed E-state index contributed by atoms with van der Waals surface area (Å²) in [7, 11) is -3.14. The molecule has 0 spiro atoms. The fourth-order valence-electron chi connectivity index (χ4n) is 2.01. The summed E-state index contributed by atoms with van der Waals surface area (Å²) in [6, 6.07) is 5.53. The normalized spacial score (nSPS) is 18.1. The highest BCUT2D eigenvalue weighted by Crippen LogP contribution is 2.16. The van der Waals surface area contributed by atoms with Crippen LogP contribution in [0.15, 0.2) is 24.3 Å². The summed E-state index contributed by atoms with van der Waals surface area (Å²) in [4.78, 5) is 1.35. The van der Waals surface area contributed by atoms with Gasteiger partial charge in [-0.2, -0.15) is 5.26 Å². The van der Waals surface area contributed by atoms with Crippen molar-refractivity contribution < 1.29 is 12.8 Å². The molecule has 0 atom stereocenters. The molecular formula is C12H14FN3O2S. The molecule has 0 aromatic heterocycles. The summed E-state index contributed by atoms with van der Waals surface area (Å²) < 4.78 is 37.4. The average Bonchev–Trinajstić information content (AvgIpc) is 2.71. The van der Waals surface area contributed by atoms with E-state index in [0.29, 0.717) is 18.7 Å². The van der Waals surface area contributed by atoms with E-state index in [-0.39, 0.29) is 24.7 Å². The van der Waals surface area contributed by atoms with Crippen molar-refractivity contribution in [3.05, 3.63) is 30.1 Å². The summed E-state index contributed by atoms with van der Waals surface area (Å²) in [5.41, 5.74) is 0.556. The first kappa shape index (κ1) is 13.8. The van der Waals surface area contributed by atoms with E-state index >= 15 is 0 Å². The van der Waals surface area contributed by atoms with Crippen LogP contribution in [0.2, 0.25) is 0 Å². The number of nitriles is 1. The number of sulfonamides is 1. The molecule has 1 fully saturated rings. The lowest BCUT2D eigenvalue weighted by Crippen LogP contribution is -2.34. The zero-order valence-corrected chi connectivity index (χ0v) is 11.1. The summed E-state index contributed by atoms with van der Waals surface area (Å²) >= 11 is 0. The monoisotopic (exact) mass is 283 g/mol. The van der Waals surface area contributed by atoms with Crippen LogP contribution in [0.5, 0.6) is 0 Å². The van der Waals surface area contributed by atoms with Crippen molar-refractivity contribution in [2.75, 3.05) is 30.3 Å². The average molecular weight is 283 g/mol. The van der Waals surface area contributed by atoms with Gasteiger partial charge in [0, 0.05) is 19.6 Å². The summed E-state index contributed by atoms with van der Waals surface area (Å²) in [5, 5.41) is 9.07. The van der Waals surface area contributed by atoms with Crippen LogP contribution in [-0.2, 0) is 10.0 Å². The van der Waals surface area contributed by atoms with E-state index in [1.807, 2.05) is 6.19 Å². The minimum atomic E-state index is -3.14. The molecule has 0 amide bonds. The van der Waals surface area contributed by atoms with Crippen LogP contribution in [0.3, 0.4) is 0 Å². The Hall–Kier alpha value is -1.65. The van der Waals surface area contributed by atoms with Gasteiger partial charge in [0.15, 0.2) is 6.19 Å². The number of benzene rings is 1. The van der Waals surface area contributed by atoms with Crippen LogP contribution >= 0.6 is 0 Å². The van der Waals surface area contributed by atoms with Crippen LogP contribution in [-0.4, -0.2) is 38.1 Å². The molecule has 0 saturated carbocycles. The Morgan fingerprint density at radius 1 is 1.37 bits per heavy atom. The Morgan fingerprint density at radius 2 is 2.05 bits per heavy atom. The Balaban J connectivity index is 2.01. The molecule has 0 unspecified atom stereocenters. The topological polar surface area (TPSA) is 64.4 Å². The van der Waals surface area contributed by atoms with E-state index in [9.17, 15) is 12.8 Å². The van der Waals surface area contributed by atoms with Gasteiger partial charge in [-0.1, -0.05) is 0 Å². The molecule has 0 N–H and O–H groups in total. The third-order valence-corrected chi connectivity index (χ3v) is 4.99. The zero-order chi connectivity index (χ0) is 13.9. The van der Waals surface area contributed by atoms with Crippen molar-refractivity contribution in [3.8, 4) is 6.19 Å². The molecule has 1 aromatic carbocycles. The number of hydrogen-bond acceptors (Lipinski definition) is 4. The molecule has 7 heteroatoms. The van der Waals surface area contributed by atoms with Crippen molar-refractivity contribution >= 4 is 15.7 Å². The van der Waals surface area contributed by atoms with Crippen molar-refractivity contribution in [1.82, 2.24) is 4.31 Å². The summed E-state index contributed by atoms with van der Waals surface area (Å²) in [6.45, 7) is 1.04. The second-order valence-corrected chi connectivity index (χ2v) is 6.39. The maximum atomic E-state index is 12.8. The lowest BCUT2D eigenvalue weighted by molar-refractivity contribution is 0.451. The number of rotatable bonds is 4. The summed E-state index contributed by atoms with van der Waals surface area (Å²) in [6.07, 6.45) is 2.61. The third kappa shape index (κ3) is 3.22. The fourth-order valence-corrected chi connectivity index (χ4v) is 3.53. The van der Waals surface area contributed by atoms with E-state index in [2.05, 4.69) is 0 Å². The molecule has 1 aromatic rings. The van der Waals surface area contributed by atoms with Gasteiger partial charge in [-0.05, 0) is 30.7 Å². The lowest BCUT2D eigenvalue weighted by Gasteiger charge is -2.19. The number of nitrogens with zero attached hydrogens (tertiary/aromatic N) is 3. The molecule has 102 valence electrons. The first-order valence-corrected chi connectivity index (χ1v) is 7.54. The minimum absolute atomic E-state index is 0.177. The fraction of sp³-hybridized carbons (Fsp3) is 0.417. The van der Waals surface area contributed by atoms with Gasteiger partial charge in [0.05, 0.1) is 11.4 Å². The van der Waals surface area contributed by atoms with Crippen LogP contribution in [0.25, 0.3) is 0 Å². The van der Waals surface area contributed by atoms with Crippen LogP contribution in [0.1, 0.15) is 6.42 Å². The maximum Gasteiger partial charge on any atom is 0.214 e. The molecular weight excluding hydrogens is 269 g/mol. The Kier molecular flexibility index (Phi) is 4.02. The van der Waals surface area contributed by atoms with Crippen LogP contribution in [0.4, 0.5) is 10.1 Å². The smallest absolute Gasteiger partial charge is 0.214 e. The van der Waals surface area contributed by atoms with Gasteiger partial charge < -0.3 is 0 Å². The lowest BCUT2D eigenvalue weighted by atomic mass is 10.3. The molecule has 1 heterocycles. The minimum Gasteiger partial charge on any atom is -0.278 e. The van der Waals surface area contributed by atoms with Crippen molar-refractivity contribution in [3.63, 3.8) is 0 Å². The van der Waals surface area contributed by atoms with E-state index in [4.69, 9.17) is 5.26 Å². The molecule has 1 aliphatic heterocycles. The predicted molar refractivity (Wildman–Crippen MR) is 69.3 cm³/mol. The van der Waals surface area contributed by atoms with Gasteiger partial charge >= 0.3 is 0 Å². The molecule has 1 saturated heterocycles. The third-order valence-electron chi connectivity index (χ3n) is 3.04. The standard InChI is InChI=1S/C12H14FN3O2S/c13-11-2-4-12(5-3-11)15(10-14)7-8-16-6-1-9-19(16,17)18/h2-5H,1,6-9H2. The first-order chi connectivity index (χ1) is 9.03. The van der Waals surface area contributed by atoms with Crippen LogP contribution < -0.4 is 4.90 Å². The van der Waals surface area contributed by atoms with Crippen LogP contribution in [0, 0.1) is 17.3 Å². The van der Waals surface area contributed by atoms with Crippen molar-refractivity contribution in [2.45, 2.75) is 6.42 Å². The number of hydrogen-bond donors (Lipinski definition) is 0. The molecule has 5 nitrogen and oxygen atoms in total. The second kappa shape index (κ2) is 5.55. The largest absolute Gasteiger partial charge is 0.278 e.